The molecule has 1 aromatic heterocycles. The molecule has 0 aliphatic rings. The predicted octanol–water partition coefficient (Wildman–Crippen LogP) is 2.16. The molecule has 114 valence electrons. The Balaban J connectivity index is 2.29. The van der Waals surface area contributed by atoms with Crippen LogP contribution < -0.4 is 9.86 Å². The lowest BCUT2D eigenvalue weighted by molar-refractivity contribution is 0.597. The van der Waals surface area contributed by atoms with E-state index in [-0.39, 0.29) is 14.8 Å². The van der Waals surface area contributed by atoms with Gasteiger partial charge in [-0.1, -0.05) is 11.6 Å². The predicted molar refractivity (Wildman–Crippen MR) is 82.7 cm³/mol. The number of nitrogens with one attached hydrogen (secondary N) is 1. The van der Waals surface area contributed by atoms with Gasteiger partial charge < -0.3 is 0 Å². The molecule has 2 aromatic rings. The van der Waals surface area contributed by atoms with Crippen molar-refractivity contribution in [1.29, 1.82) is 0 Å². The zero-order valence-corrected chi connectivity index (χ0v) is 13.9. The second-order valence-electron chi connectivity index (χ2n) is 4.20. The second-order valence-corrected chi connectivity index (χ2v) is 9.32. The first-order chi connectivity index (χ1) is 9.59. The maximum Gasteiger partial charge on any atom is 0.271 e. The molecule has 0 fully saturated rings. The van der Waals surface area contributed by atoms with Crippen molar-refractivity contribution in [1.82, 2.24) is 0 Å². The molecule has 1 aromatic carbocycles. The highest BCUT2D eigenvalue weighted by Gasteiger charge is 2.19. The molecule has 2 rings (SSSR count). The van der Waals surface area contributed by atoms with Crippen molar-refractivity contribution in [2.45, 2.75) is 16.0 Å². The van der Waals surface area contributed by atoms with Gasteiger partial charge in [0, 0.05) is 5.69 Å². The number of sulfonamides is 2. The van der Waals surface area contributed by atoms with Crippen molar-refractivity contribution in [3.8, 4) is 0 Å². The van der Waals surface area contributed by atoms with Gasteiger partial charge in [0.1, 0.15) is 4.21 Å². The first kappa shape index (κ1) is 16.2. The van der Waals surface area contributed by atoms with E-state index < -0.39 is 20.0 Å². The highest BCUT2D eigenvalue weighted by molar-refractivity contribution is 7.94. The van der Waals surface area contributed by atoms with Gasteiger partial charge in [-0.15, -0.1) is 11.3 Å². The second kappa shape index (κ2) is 5.58. The number of benzene rings is 1. The number of aryl methyl sites for hydroxylation is 1. The third-order valence-electron chi connectivity index (χ3n) is 2.53. The van der Waals surface area contributed by atoms with Gasteiger partial charge in [0.05, 0.1) is 9.23 Å². The maximum absolute atomic E-state index is 12.1. The van der Waals surface area contributed by atoms with Gasteiger partial charge in [0.25, 0.3) is 10.0 Å². The number of anilines is 1. The summed E-state index contributed by atoms with van der Waals surface area (Å²) in [6.07, 6.45) is 0. The van der Waals surface area contributed by atoms with E-state index in [2.05, 4.69) is 4.72 Å². The van der Waals surface area contributed by atoms with Crippen LogP contribution in [-0.4, -0.2) is 16.8 Å². The molecule has 0 aliphatic carbocycles. The molecular formula is C11H11ClN2O4S3. The van der Waals surface area contributed by atoms with Crippen molar-refractivity contribution in [3.05, 3.63) is 40.2 Å². The first-order valence-corrected chi connectivity index (χ1v) is 9.73. The lowest BCUT2D eigenvalue weighted by Crippen LogP contribution is -2.13. The van der Waals surface area contributed by atoms with Crippen LogP contribution in [-0.2, 0) is 20.0 Å². The molecular weight excluding hydrogens is 356 g/mol. The highest BCUT2D eigenvalue weighted by atomic mass is 35.5. The Morgan fingerprint density at radius 3 is 2.14 bits per heavy atom. The highest BCUT2D eigenvalue weighted by Crippen LogP contribution is 2.31. The fourth-order valence-corrected chi connectivity index (χ4v) is 4.76. The number of hydrogen-bond donors (Lipinski definition) is 2. The third-order valence-corrected chi connectivity index (χ3v) is 6.87. The van der Waals surface area contributed by atoms with Crippen LogP contribution in [0.2, 0.25) is 4.34 Å². The number of hydrogen-bond acceptors (Lipinski definition) is 5. The van der Waals surface area contributed by atoms with E-state index in [1.54, 1.807) is 6.92 Å². The Labute approximate surface area is 131 Å². The minimum atomic E-state index is -3.81. The molecule has 10 heteroatoms. The average molecular weight is 367 g/mol. The standard InChI is InChI=1S/C11H11ClN2O4S3/c1-7-6-10(19-11(7)12)21(17,18)14-8-2-4-9(5-3-8)20(13,15)16/h2-6,14H,1H3,(H2,13,15,16). The van der Waals surface area contributed by atoms with E-state index in [4.69, 9.17) is 16.7 Å². The molecule has 6 nitrogen and oxygen atoms in total. The van der Waals surface area contributed by atoms with Crippen molar-refractivity contribution in [2.75, 3.05) is 4.72 Å². The third kappa shape index (κ3) is 3.74. The van der Waals surface area contributed by atoms with Gasteiger partial charge in [-0.05, 0) is 42.8 Å². The summed E-state index contributed by atoms with van der Waals surface area (Å²) in [5.41, 5.74) is 0.899. The van der Waals surface area contributed by atoms with Crippen LogP contribution in [0.1, 0.15) is 5.56 Å². The van der Waals surface area contributed by atoms with Crippen LogP contribution >= 0.6 is 22.9 Å². The Morgan fingerprint density at radius 2 is 1.71 bits per heavy atom. The maximum atomic E-state index is 12.1. The molecule has 0 aliphatic heterocycles. The fourth-order valence-electron chi connectivity index (χ4n) is 1.48. The van der Waals surface area contributed by atoms with Crippen molar-refractivity contribution in [3.63, 3.8) is 0 Å². The summed E-state index contributed by atoms with van der Waals surface area (Å²) in [5, 5.41) is 4.97. The van der Waals surface area contributed by atoms with E-state index in [9.17, 15) is 16.8 Å². The van der Waals surface area contributed by atoms with E-state index >= 15 is 0 Å². The molecule has 0 radical (unpaired) electrons. The molecule has 0 amide bonds. The van der Waals surface area contributed by atoms with Gasteiger partial charge in [-0.2, -0.15) is 0 Å². The minimum absolute atomic E-state index is 0.0838. The Bertz CT molecular complexity index is 851. The number of nitrogens with two attached hydrogens (primary N) is 1. The molecule has 21 heavy (non-hydrogen) atoms. The Morgan fingerprint density at radius 1 is 1.14 bits per heavy atom. The summed E-state index contributed by atoms with van der Waals surface area (Å²) in [6, 6.07) is 6.55. The molecule has 3 N–H and O–H groups in total. The summed E-state index contributed by atoms with van der Waals surface area (Å²) in [7, 11) is -7.57. The summed E-state index contributed by atoms with van der Waals surface area (Å²) in [4.78, 5) is -0.0968. The van der Waals surface area contributed by atoms with Crippen LogP contribution in [0.5, 0.6) is 0 Å². The van der Waals surface area contributed by atoms with E-state index in [0.717, 1.165) is 11.3 Å². The number of rotatable bonds is 4. The zero-order valence-electron chi connectivity index (χ0n) is 10.7. The molecule has 0 atom stereocenters. The smallest absolute Gasteiger partial charge is 0.271 e. The summed E-state index contributed by atoms with van der Waals surface area (Å²) < 4.78 is 49.4. The SMILES string of the molecule is Cc1cc(S(=O)(=O)Nc2ccc(S(N)(=O)=O)cc2)sc1Cl. The molecule has 0 saturated carbocycles. The Hall–Kier alpha value is -1.13. The molecule has 0 saturated heterocycles. The number of primary sulfonamides is 1. The van der Waals surface area contributed by atoms with Crippen LogP contribution in [0.3, 0.4) is 0 Å². The largest absolute Gasteiger partial charge is 0.279 e. The van der Waals surface area contributed by atoms with Gasteiger partial charge in [-0.25, -0.2) is 22.0 Å². The molecule has 0 bridgehead atoms. The average Bonchev–Trinajstić information content (AvgIpc) is 2.69. The van der Waals surface area contributed by atoms with E-state index in [1.807, 2.05) is 0 Å². The Kier molecular flexibility index (Phi) is 4.31. The lowest BCUT2D eigenvalue weighted by Gasteiger charge is -2.06. The van der Waals surface area contributed by atoms with Gasteiger partial charge in [0.15, 0.2) is 0 Å². The minimum Gasteiger partial charge on any atom is -0.279 e. The van der Waals surface area contributed by atoms with E-state index in [1.165, 1.54) is 30.3 Å². The van der Waals surface area contributed by atoms with Crippen LogP contribution in [0.4, 0.5) is 5.69 Å². The number of halogens is 1. The lowest BCUT2D eigenvalue weighted by atomic mass is 10.3. The topological polar surface area (TPSA) is 106 Å². The van der Waals surface area contributed by atoms with Gasteiger partial charge in [-0.3, -0.25) is 4.72 Å². The summed E-state index contributed by atoms with van der Waals surface area (Å²) >= 11 is 6.80. The van der Waals surface area contributed by atoms with Crippen LogP contribution in [0.25, 0.3) is 0 Å². The fraction of sp³-hybridized carbons (Fsp3) is 0.0909. The number of thiophene rings is 1. The summed E-state index contributed by atoms with van der Waals surface area (Å²) in [6.45, 7) is 1.71. The molecule has 1 heterocycles. The molecule has 0 unspecified atom stereocenters. The first-order valence-electron chi connectivity index (χ1n) is 5.51. The van der Waals surface area contributed by atoms with Gasteiger partial charge in [0.2, 0.25) is 10.0 Å². The van der Waals surface area contributed by atoms with Crippen molar-refractivity contribution < 1.29 is 16.8 Å². The zero-order chi connectivity index (χ0) is 15.8. The van der Waals surface area contributed by atoms with Crippen molar-refractivity contribution >= 4 is 48.7 Å². The molecule has 0 spiro atoms. The normalized spacial score (nSPS) is 12.3. The van der Waals surface area contributed by atoms with Crippen LogP contribution in [0.15, 0.2) is 39.4 Å². The quantitative estimate of drug-likeness (QED) is 0.864. The van der Waals surface area contributed by atoms with Crippen LogP contribution in [0, 0.1) is 6.92 Å². The monoisotopic (exact) mass is 366 g/mol. The summed E-state index contributed by atoms with van der Waals surface area (Å²) in [5.74, 6) is 0. The van der Waals surface area contributed by atoms with Crippen molar-refractivity contribution in [2.24, 2.45) is 5.14 Å². The van der Waals surface area contributed by atoms with Gasteiger partial charge >= 0.3 is 0 Å². The van der Waals surface area contributed by atoms with E-state index in [0.29, 0.717) is 9.90 Å².